The van der Waals surface area contributed by atoms with Crippen LogP contribution in [0, 0.1) is 11.7 Å². The second kappa shape index (κ2) is 7.25. The van der Waals surface area contributed by atoms with Gasteiger partial charge in [0.2, 0.25) is 0 Å². The SMILES string of the molecule is CC(C)CC[C@H](N)c1cc(Br)ccc1F.Cl. The van der Waals surface area contributed by atoms with Crippen molar-refractivity contribution >= 4 is 28.3 Å². The van der Waals surface area contributed by atoms with E-state index in [1.165, 1.54) is 6.07 Å². The van der Waals surface area contributed by atoms with Crippen molar-refractivity contribution < 1.29 is 4.39 Å². The molecule has 0 saturated carbocycles. The molecule has 16 heavy (non-hydrogen) atoms. The summed E-state index contributed by atoms with van der Waals surface area (Å²) in [5.74, 6) is 0.390. The molecule has 0 spiro atoms. The van der Waals surface area contributed by atoms with Crippen LogP contribution in [-0.4, -0.2) is 0 Å². The average Bonchev–Trinajstić information content (AvgIpc) is 2.18. The van der Waals surface area contributed by atoms with Crippen molar-refractivity contribution in [1.29, 1.82) is 0 Å². The fraction of sp³-hybridized carbons (Fsp3) is 0.500. The summed E-state index contributed by atoms with van der Waals surface area (Å²) in [7, 11) is 0. The van der Waals surface area contributed by atoms with E-state index in [9.17, 15) is 4.39 Å². The van der Waals surface area contributed by atoms with E-state index in [1.807, 2.05) is 0 Å². The molecule has 1 rings (SSSR count). The van der Waals surface area contributed by atoms with E-state index >= 15 is 0 Å². The van der Waals surface area contributed by atoms with Gasteiger partial charge in [-0.15, -0.1) is 12.4 Å². The molecule has 1 nitrogen and oxygen atoms in total. The van der Waals surface area contributed by atoms with E-state index in [2.05, 4.69) is 29.8 Å². The minimum atomic E-state index is -0.213. The molecule has 0 heterocycles. The number of halogens is 3. The number of rotatable bonds is 4. The number of hydrogen-bond donors (Lipinski definition) is 1. The normalized spacial score (nSPS) is 12.4. The van der Waals surface area contributed by atoms with E-state index in [0.29, 0.717) is 11.5 Å². The van der Waals surface area contributed by atoms with Crippen molar-refractivity contribution in [3.8, 4) is 0 Å². The van der Waals surface area contributed by atoms with Crippen LogP contribution in [0.4, 0.5) is 4.39 Å². The smallest absolute Gasteiger partial charge is 0.128 e. The molecule has 4 heteroatoms. The second-order valence-electron chi connectivity index (χ2n) is 4.24. The van der Waals surface area contributed by atoms with E-state index in [4.69, 9.17) is 5.73 Å². The first-order valence-electron chi connectivity index (χ1n) is 5.21. The molecule has 0 saturated heterocycles. The topological polar surface area (TPSA) is 26.0 Å². The first-order chi connectivity index (χ1) is 7.00. The molecule has 0 unspecified atom stereocenters. The maximum absolute atomic E-state index is 13.4. The number of nitrogens with two attached hydrogens (primary N) is 1. The van der Waals surface area contributed by atoms with Crippen LogP contribution >= 0.6 is 28.3 Å². The largest absolute Gasteiger partial charge is 0.324 e. The van der Waals surface area contributed by atoms with Crippen molar-refractivity contribution in [1.82, 2.24) is 0 Å². The third kappa shape index (κ3) is 4.81. The lowest BCUT2D eigenvalue weighted by atomic mass is 9.98. The zero-order chi connectivity index (χ0) is 11.4. The minimum absolute atomic E-state index is 0. The zero-order valence-corrected chi connectivity index (χ0v) is 11.9. The van der Waals surface area contributed by atoms with Gasteiger partial charge in [-0.1, -0.05) is 29.8 Å². The third-order valence-electron chi connectivity index (χ3n) is 2.41. The van der Waals surface area contributed by atoms with Crippen LogP contribution in [0.15, 0.2) is 22.7 Å². The molecule has 1 atom stereocenters. The van der Waals surface area contributed by atoms with Crippen molar-refractivity contribution in [2.24, 2.45) is 11.7 Å². The molecular formula is C12H18BrClFN. The lowest BCUT2D eigenvalue weighted by Gasteiger charge is -2.14. The second-order valence-corrected chi connectivity index (χ2v) is 5.16. The predicted molar refractivity (Wildman–Crippen MR) is 72.3 cm³/mol. The van der Waals surface area contributed by atoms with Gasteiger partial charge in [0.1, 0.15) is 5.82 Å². The summed E-state index contributed by atoms with van der Waals surface area (Å²) in [6, 6.07) is 4.70. The van der Waals surface area contributed by atoms with Gasteiger partial charge in [-0.2, -0.15) is 0 Å². The lowest BCUT2D eigenvalue weighted by Crippen LogP contribution is -2.13. The Morgan fingerprint density at radius 2 is 1.94 bits per heavy atom. The maximum Gasteiger partial charge on any atom is 0.128 e. The molecule has 2 N–H and O–H groups in total. The van der Waals surface area contributed by atoms with E-state index in [-0.39, 0.29) is 24.3 Å². The Bertz CT molecular complexity index is 331. The van der Waals surface area contributed by atoms with Crippen molar-refractivity contribution in [2.45, 2.75) is 32.7 Å². The van der Waals surface area contributed by atoms with Crippen LogP contribution in [0.5, 0.6) is 0 Å². The van der Waals surface area contributed by atoms with Gasteiger partial charge in [0.15, 0.2) is 0 Å². The fourth-order valence-electron chi connectivity index (χ4n) is 1.47. The lowest BCUT2D eigenvalue weighted by molar-refractivity contribution is 0.491. The quantitative estimate of drug-likeness (QED) is 0.874. The van der Waals surface area contributed by atoms with Gasteiger partial charge < -0.3 is 5.73 Å². The van der Waals surface area contributed by atoms with Crippen molar-refractivity contribution in [3.63, 3.8) is 0 Å². The van der Waals surface area contributed by atoms with E-state index < -0.39 is 0 Å². The van der Waals surface area contributed by atoms with Gasteiger partial charge in [-0.25, -0.2) is 4.39 Å². The van der Waals surface area contributed by atoms with Crippen LogP contribution < -0.4 is 5.73 Å². The van der Waals surface area contributed by atoms with E-state index in [0.717, 1.165) is 17.3 Å². The van der Waals surface area contributed by atoms with Gasteiger partial charge in [0.25, 0.3) is 0 Å². The minimum Gasteiger partial charge on any atom is -0.324 e. The Kier molecular flexibility index (Phi) is 7.20. The zero-order valence-electron chi connectivity index (χ0n) is 9.54. The van der Waals surface area contributed by atoms with Crippen LogP contribution in [0.1, 0.15) is 38.3 Å². The molecule has 0 fully saturated rings. The maximum atomic E-state index is 13.4. The molecule has 0 amide bonds. The molecule has 1 aromatic carbocycles. The highest BCUT2D eigenvalue weighted by molar-refractivity contribution is 9.10. The Morgan fingerprint density at radius 1 is 1.31 bits per heavy atom. The number of hydrogen-bond acceptors (Lipinski definition) is 1. The molecule has 0 aliphatic carbocycles. The predicted octanol–water partition coefficient (Wildman–Crippen LogP) is 4.45. The first-order valence-corrected chi connectivity index (χ1v) is 6.00. The van der Waals surface area contributed by atoms with Crippen LogP contribution in [0.3, 0.4) is 0 Å². The van der Waals surface area contributed by atoms with Gasteiger partial charge in [-0.05, 0) is 37.0 Å². The highest BCUT2D eigenvalue weighted by Crippen LogP contribution is 2.24. The Balaban J connectivity index is 0.00000225. The van der Waals surface area contributed by atoms with E-state index in [1.54, 1.807) is 12.1 Å². The highest BCUT2D eigenvalue weighted by atomic mass is 79.9. The summed E-state index contributed by atoms with van der Waals surface area (Å²) in [5, 5.41) is 0. The first kappa shape index (κ1) is 15.9. The monoisotopic (exact) mass is 309 g/mol. The van der Waals surface area contributed by atoms with Crippen LogP contribution in [0.25, 0.3) is 0 Å². The van der Waals surface area contributed by atoms with Gasteiger partial charge in [0.05, 0.1) is 0 Å². The van der Waals surface area contributed by atoms with Gasteiger partial charge in [0, 0.05) is 16.1 Å². The molecule has 92 valence electrons. The molecule has 0 aliphatic rings. The Labute approximate surface area is 111 Å². The average molecular weight is 311 g/mol. The highest BCUT2D eigenvalue weighted by Gasteiger charge is 2.12. The molecule has 0 bridgehead atoms. The third-order valence-corrected chi connectivity index (χ3v) is 2.91. The molecule has 0 aliphatic heterocycles. The molecule has 1 aromatic rings. The molecule has 0 radical (unpaired) electrons. The Morgan fingerprint density at radius 3 is 2.50 bits per heavy atom. The molecule has 0 aromatic heterocycles. The number of benzene rings is 1. The summed E-state index contributed by atoms with van der Waals surface area (Å²) in [6.07, 6.45) is 1.85. The fourth-order valence-corrected chi connectivity index (χ4v) is 1.85. The summed E-state index contributed by atoms with van der Waals surface area (Å²) in [5.41, 5.74) is 6.55. The standard InChI is InChI=1S/C12H17BrFN.ClH/c1-8(2)3-6-12(15)10-7-9(13)4-5-11(10)14;/h4-5,7-8,12H,3,6,15H2,1-2H3;1H/t12-;/m0./s1. The summed E-state index contributed by atoms with van der Waals surface area (Å²) < 4.78 is 14.3. The van der Waals surface area contributed by atoms with Crippen LogP contribution in [-0.2, 0) is 0 Å². The van der Waals surface area contributed by atoms with Crippen molar-refractivity contribution in [2.75, 3.05) is 0 Å². The summed E-state index contributed by atoms with van der Waals surface area (Å²) in [4.78, 5) is 0. The Hall–Kier alpha value is -0.120. The summed E-state index contributed by atoms with van der Waals surface area (Å²) >= 11 is 3.32. The van der Waals surface area contributed by atoms with Gasteiger partial charge >= 0.3 is 0 Å². The molecular weight excluding hydrogens is 292 g/mol. The van der Waals surface area contributed by atoms with Crippen LogP contribution in [0.2, 0.25) is 0 Å². The van der Waals surface area contributed by atoms with Gasteiger partial charge in [-0.3, -0.25) is 0 Å². The summed E-state index contributed by atoms with van der Waals surface area (Å²) in [6.45, 7) is 4.29. The van der Waals surface area contributed by atoms with Crippen molar-refractivity contribution in [3.05, 3.63) is 34.1 Å².